The summed E-state index contributed by atoms with van der Waals surface area (Å²) in [5.74, 6) is -6.74. The number of aromatic nitrogens is 1. The Balaban J connectivity index is 1.55. The third-order valence-corrected chi connectivity index (χ3v) is 8.64. The molecule has 40 heavy (non-hydrogen) atoms. The number of amides is 1. The number of carbonyl (C=O) groups excluding carboxylic acids is 1. The molecule has 1 amide bonds. The molecule has 1 aromatic carbocycles. The van der Waals surface area contributed by atoms with Gasteiger partial charge >= 0.3 is 0 Å². The fourth-order valence-corrected chi connectivity index (χ4v) is 6.88. The van der Waals surface area contributed by atoms with E-state index in [9.17, 15) is 27.9 Å². The van der Waals surface area contributed by atoms with Crippen LogP contribution < -0.4 is 10.4 Å². The van der Waals surface area contributed by atoms with E-state index in [1.54, 1.807) is 0 Å². The summed E-state index contributed by atoms with van der Waals surface area (Å²) in [7, 11) is 0. The molecular weight excluding hydrogens is 532 g/mol. The number of hydrogen-bond donors (Lipinski definition) is 1. The van der Waals surface area contributed by atoms with Crippen LogP contribution in [0.1, 0.15) is 59.4 Å². The first-order valence-corrected chi connectivity index (χ1v) is 13.3. The zero-order valence-electron chi connectivity index (χ0n) is 21.3. The molecule has 0 radical (unpaired) electrons. The molecule has 1 N–H and O–H groups in total. The van der Waals surface area contributed by atoms with Crippen LogP contribution in [0.15, 0.2) is 52.6 Å². The third kappa shape index (κ3) is 3.54. The lowest BCUT2D eigenvalue weighted by molar-refractivity contribution is -0.0785. The van der Waals surface area contributed by atoms with E-state index in [0.29, 0.717) is 37.1 Å². The molecule has 0 spiro atoms. The summed E-state index contributed by atoms with van der Waals surface area (Å²) >= 11 is 0. The van der Waals surface area contributed by atoms with E-state index in [4.69, 9.17) is 4.74 Å². The number of alkyl halides is 2. The standard InChI is InChI=1S/C28H26F4N4O4/c29-17-6-5-16-22(23(17)30)19-14-40-12-11-33(19)18-4-2-1-3-15(18)24(16)36-21-13-28(31,32)8-10-34(21)27(39)25-26(38)20(37)7-9-35(25)36/h1,3,5-7,9,19,21,24,38H,2,4,8,10-14H2. The van der Waals surface area contributed by atoms with Crippen LogP contribution in [0.5, 0.6) is 5.75 Å². The van der Waals surface area contributed by atoms with E-state index in [2.05, 4.69) is 0 Å². The van der Waals surface area contributed by atoms with Gasteiger partial charge in [0.15, 0.2) is 23.1 Å². The second kappa shape index (κ2) is 8.85. The minimum absolute atomic E-state index is 0.0605. The number of benzene rings is 1. The highest BCUT2D eigenvalue weighted by Crippen LogP contribution is 2.49. The Bertz CT molecular complexity index is 1550. The summed E-state index contributed by atoms with van der Waals surface area (Å²) < 4.78 is 67.5. The molecule has 2 aromatic rings. The van der Waals surface area contributed by atoms with Crippen molar-refractivity contribution in [3.8, 4) is 5.75 Å². The van der Waals surface area contributed by atoms with E-state index in [1.807, 2.05) is 17.1 Å². The first kappa shape index (κ1) is 25.2. The maximum Gasteiger partial charge on any atom is 0.278 e. The van der Waals surface area contributed by atoms with Gasteiger partial charge in [-0.05, 0) is 30.0 Å². The van der Waals surface area contributed by atoms with Gasteiger partial charge in [0.2, 0.25) is 5.43 Å². The van der Waals surface area contributed by atoms with Gasteiger partial charge in [-0.25, -0.2) is 17.6 Å². The highest BCUT2D eigenvalue weighted by atomic mass is 19.3. The molecular formula is C28H26F4N4O4. The van der Waals surface area contributed by atoms with E-state index < -0.39 is 65.7 Å². The van der Waals surface area contributed by atoms with Gasteiger partial charge in [0.1, 0.15) is 6.17 Å². The zero-order valence-corrected chi connectivity index (χ0v) is 21.3. The van der Waals surface area contributed by atoms with E-state index >= 15 is 4.39 Å². The minimum Gasteiger partial charge on any atom is -0.502 e. The molecule has 12 heteroatoms. The Labute approximate surface area is 226 Å². The molecule has 3 unspecified atom stereocenters. The number of rotatable bonds is 1. The fraction of sp³-hybridized carbons (Fsp3) is 0.429. The minimum atomic E-state index is -3.11. The lowest BCUT2D eigenvalue weighted by Crippen LogP contribution is -2.66. The van der Waals surface area contributed by atoms with Crippen molar-refractivity contribution in [1.82, 2.24) is 14.5 Å². The van der Waals surface area contributed by atoms with Crippen LogP contribution in [-0.2, 0) is 4.74 Å². The molecule has 2 fully saturated rings. The van der Waals surface area contributed by atoms with Crippen LogP contribution in [0.2, 0.25) is 0 Å². The molecule has 5 aliphatic rings. The average Bonchev–Trinajstić information content (AvgIpc) is 3.05. The molecule has 210 valence electrons. The van der Waals surface area contributed by atoms with E-state index in [-0.39, 0.29) is 24.4 Å². The predicted molar refractivity (Wildman–Crippen MR) is 134 cm³/mol. The predicted octanol–water partition coefficient (Wildman–Crippen LogP) is 3.71. The van der Waals surface area contributed by atoms with Crippen molar-refractivity contribution in [2.45, 2.75) is 49.9 Å². The molecule has 3 atom stereocenters. The van der Waals surface area contributed by atoms with Crippen LogP contribution in [-0.4, -0.2) is 63.9 Å². The number of halogens is 4. The van der Waals surface area contributed by atoms with Crippen molar-refractivity contribution >= 4 is 5.91 Å². The number of ether oxygens (including phenoxy) is 1. The number of allylic oxidation sites excluding steroid dienone is 2. The van der Waals surface area contributed by atoms with Crippen molar-refractivity contribution in [3.05, 3.63) is 86.5 Å². The van der Waals surface area contributed by atoms with Gasteiger partial charge < -0.3 is 19.6 Å². The molecule has 2 saturated heterocycles. The van der Waals surface area contributed by atoms with Crippen LogP contribution in [0.25, 0.3) is 0 Å². The molecule has 0 saturated carbocycles. The van der Waals surface area contributed by atoms with E-state index in [1.165, 1.54) is 26.8 Å². The quantitative estimate of drug-likeness (QED) is 0.538. The topological polar surface area (TPSA) is 78.2 Å². The summed E-state index contributed by atoms with van der Waals surface area (Å²) in [6, 6.07) is 1.91. The number of nitrogens with zero attached hydrogens (tertiary/aromatic N) is 4. The van der Waals surface area contributed by atoms with Crippen LogP contribution in [0.4, 0.5) is 17.6 Å². The smallest absolute Gasteiger partial charge is 0.278 e. The number of pyridine rings is 1. The third-order valence-electron chi connectivity index (χ3n) is 8.64. The Morgan fingerprint density at radius 1 is 1.07 bits per heavy atom. The molecule has 7 rings (SSSR count). The van der Waals surface area contributed by atoms with Gasteiger partial charge in [-0.1, -0.05) is 18.2 Å². The van der Waals surface area contributed by atoms with Crippen LogP contribution >= 0.6 is 0 Å². The SMILES string of the molecule is O=C1c2c(O)c(=O)ccn2N(C2C3=C(CCC=C3)N3CCOCC3c3c2ccc(F)c3F)C2CC(F)(F)CCN12. The molecule has 1 aromatic heterocycles. The van der Waals surface area contributed by atoms with Gasteiger partial charge in [0, 0.05) is 43.0 Å². The largest absolute Gasteiger partial charge is 0.502 e. The summed E-state index contributed by atoms with van der Waals surface area (Å²) in [5, 5.41) is 12.3. The number of piperidine rings is 1. The van der Waals surface area contributed by atoms with Crippen LogP contribution in [0.3, 0.4) is 0 Å². The second-order valence-corrected chi connectivity index (χ2v) is 10.8. The van der Waals surface area contributed by atoms with Crippen molar-refractivity contribution in [2.75, 3.05) is 31.3 Å². The maximum absolute atomic E-state index is 15.8. The van der Waals surface area contributed by atoms with Gasteiger partial charge in [-0.2, -0.15) is 0 Å². The van der Waals surface area contributed by atoms with Crippen molar-refractivity contribution in [2.24, 2.45) is 0 Å². The normalized spacial score (nSPS) is 26.9. The summed E-state index contributed by atoms with van der Waals surface area (Å²) in [5.41, 5.74) is 0.797. The monoisotopic (exact) mass is 558 g/mol. The van der Waals surface area contributed by atoms with Crippen molar-refractivity contribution < 1.29 is 32.2 Å². The molecule has 5 heterocycles. The fourth-order valence-electron chi connectivity index (χ4n) is 6.88. The lowest BCUT2D eigenvalue weighted by Gasteiger charge is -2.53. The zero-order chi connectivity index (χ0) is 27.9. The maximum atomic E-state index is 15.8. The van der Waals surface area contributed by atoms with Gasteiger partial charge in [0.05, 0.1) is 31.7 Å². The van der Waals surface area contributed by atoms with Gasteiger partial charge in [0.25, 0.3) is 11.8 Å². The second-order valence-electron chi connectivity index (χ2n) is 10.8. The van der Waals surface area contributed by atoms with Crippen molar-refractivity contribution in [1.29, 1.82) is 0 Å². The molecule has 4 aliphatic heterocycles. The Morgan fingerprint density at radius 3 is 2.73 bits per heavy atom. The number of fused-ring (bicyclic) bond motifs is 6. The number of hydrogen-bond acceptors (Lipinski definition) is 6. The number of carbonyl (C=O) groups is 1. The first-order valence-electron chi connectivity index (χ1n) is 13.3. The summed E-state index contributed by atoms with van der Waals surface area (Å²) in [6.07, 6.45) is 3.86. The Kier molecular flexibility index (Phi) is 5.57. The van der Waals surface area contributed by atoms with E-state index in [0.717, 1.165) is 17.8 Å². The molecule has 8 nitrogen and oxygen atoms in total. The molecule has 1 aliphatic carbocycles. The summed E-state index contributed by atoms with van der Waals surface area (Å²) in [6.45, 7) is 0.607. The number of aromatic hydroxyl groups is 1. The van der Waals surface area contributed by atoms with Crippen LogP contribution in [0, 0.1) is 11.6 Å². The highest BCUT2D eigenvalue weighted by Gasteiger charge is 2.52. The van der Waals surface area contributed by atoms with Crippen molar-refractivity contribution in [3.63, 3.8) is 0 Å². The molecule has 0 bridgehead atoms. The highest BCUT2D eigenvalue weighted by molar-refractivity contribution is 5.96. The Hall–Kier alpha value is -3.80. The van der Waals surface area contributed by atoms with Gasteiger partial charge in [-0.15, -0.1) is 0 Å². The first-order chi connectivity index (χ1) is 19.2. The Morgan fingerprint density at radius 2 is 1.90 bits per heavy atom. The summed E-state index contributed by atoms with van der Waals surface area (Å²) in [4.78, 5) is 29.2. The average molecular weight is 559 g/mol. The number of morpholine rings is 1. The van der Waals surface area contributed by atoms with Gasteiger partial charge in [-0.3, -0.25) is 19.3 Å². The lowest BCUT2D eigenvalue weighted by atomic mass is 9.88.